The minimum Gasteiger partial charge on any atom is -0.350 e. The maximum Gasteiger partial charge on any atom is 0.251 e. The number of hydrogen-bond donors (Lipinski definition) is 3. The lowest BCUT2D eigenvalue weighted by atomic mass is 10.1. The van der Waals surface area contributed by atoms with Gasteiger partial charge in [-0.05, 0) is 37.8 Å². The van der Waals surface area contributed by atoms with Gasteiger partial charge < -0.3 is 10.7 Å². The number of pyridine rings is 1. The molecule has 0 aliphatic heterocycles. The molecule has 110 valence electrons. The molecule has 1 aliphatic rings. The quantitative estimate of drug-likeness (QED) is 0.527. The van der Waals surface area contributed by atoms with Gasteiger partial charge in [-0.1, -0.05) is 26.2 Å². The maximum absolute atomic E-state index is 12.3. The second-order valence-electron chi connectivity index (χ2n) is 5.68. The minimum atomic E-state index is -0.0468. The van der Waals surface area contributed by atoms with Crippen molar-refractivity contribution >= 4 is 11.7 Å². The molecule has 1 aliphatic carbocycles. The van der Waals surface area contributed by atoms with Gasteiger partial charge in [0.1, 0.15) is 5.82 Å². The Kier molecular flexibility index (Phi) is 4.95. The minimum absolute atomic E-state index is 0.0468. The summed E-state index contributed by atoms with van der Waals surface area (Å²) >= 11 is 0. The van der Waals surface area contributed by atoms with E-state index in [9.17, 15) is 4.79 Å². The van der Waals surface area contributed by atoms with Crippen molar-refractivity contribution in [1.29, 1.82) is 0 Å². The summed E-state index contributed by atoms with van der Waals surface area (Å²) in [5.41, 5.74) is 4.04. The number of anilines is 1. The summed E-state index contributed by atoms with van der Waals surface area (Å²) < 4.78 is 0. The van der Waals surface area contributed by atoms with Crippen molar-refractivity contribution in [3.8, 4) is 0 Å². The van der Waals surface area contributed by atoms with Crippen LogP contribution in [0.25, 0.3) is 0 Å². The fourth-order valence-corrected chi connectivity index (χ4v) is 2.40. The zero-order valence-electron chi connectivity index (χ0n) is 12.3. The van der Waals surface area contributed by atoms with E-state index in [1.54, 1.807) is 6.07 Å². The number of carbonyl (C=O) groups excluding carboxylic acids is 1. The van der Waals surface area contributed by atoms with Gasteiger partial charge in [-0.15, -0.1) is 0 Å². The van der Waals surface area contributed by atoms with Gasteiger partial charge in [0.25, 0.3) is 5.91 Å². The third-order valence-corrected chi connectivity index (χ3v) is 3.56. The van der Waals surface area contributed by atoms with Gasteiger partial charge in [0.05, 0.1) is 0 Å². The average Bonchev–Trinajstić information content (AvgIpc) is 3.22. The van der Waals surface area contributed by atoms with E-state index in [2.05, 4.69) is 29.6 Å². The van der Waals surface area contributed by atoms with Crippen LogP contribution in [0.5, 0.6) is 0 Å². The molecule has 0 bridgehead atoms. The second kappa shape index (κ2) is 6.70. The van der Waals surface area contributed by atoms with Crippen molar-refractivity contribution in [2.45, 2.75) is 52.0 Å². The molecule has 0 aromatic carbocycles. The predicted molar refractivity (Wildman–Crippen MR) is 80.3 cm³/mol. The molecule has 4 N–H and O–H groups in total. The number of hydrazine groups is 1. The van der Waals surface area contributed by atoms with Gasteiger partial charge in [0.15, 0.2) is 0 Å². The highest BCUT2D eigenvalue weighted by Gasteiger charge is 2.24. The molecule has 1 heterocycles. The fourth-order valence-electron chi connectivity index (χ4n) is 2.40. The zero-order chi connectivity index (χ0) is 14.5. The summed E-state index contributed by atoms with van der Waals surface area (Å²) in [6.45, 7) is 4.15. The normalized spacial score (nSPS) is 15.8. The summed E-state index contributed by atoms with van der Waals surface area (Å²) in [6, 6.07) is 3.76. The monoisotopic (exact) mass is 276 g/mol. The van der Waals surface area contributed by atoms with E-state index in [1.165, 1.54) is 12.8 Å². The van der Waals surface area contributed by atoms with E-state index in [0.717, 1.165) is 30.9 Å². The molecular formula is C15H24N4O. The number of carbonyl (C=O) groups is 1. The summed E-state index contributed by atoms with van der Waals surface area (Å²) in [5.74, 6) is 6.71. The molecule has 5 heteroatoms. The number of nitrogens with zero attached hydrogens (tertiary/aromatic N) is 1. The Balaban J connectivity index is 2.04. The summed E-state index contributed by atoms with van der Waals surface area (Å²) in [4.78, 5) is 16.6. The second-order valence-corrected chi connectivity index (χ2v) is 5.68. The van der Waals surface area contributed by atoms with E-state index >= 15 is 0 Å². The maximum atomic E-state index is 12.3. The van der Waals surface area contributed by atoms with E-state index in [4.69, 9.17) is 5.84 Å². The van der Waals surface area contributed by atoms with Gasteiger partial charge in [0, 0.05) is 17.3 Å². The van der Waals surface area contributed by atoms with Crippen LogP contribution in [0.3, 0.4) is 0 Å². The van der Waals surface area contributed by atoms with Crippen LogP contribution < -0.4 is 16.6 Å². The Morgan fingerprint density at radius 1 is 1.50 bits per heavy atom. The van der Waals surface area contributed by atoms with Crippen molar-refractivity contribution in [1.82, 2.24) is 10.3 Å². The number of nitrogens with one attached hydrogen (secondary N) is 2. The van der Waals surface area contributed by atoms with Crippen LogP contribution in [0.4, 0.5) is 5.82 Å². The Hall–Kier alpha value is -1.62. The Morgan fingerprint density at radius 3 is 2.85 bits per heavy atom. The summed E-state index contributed by atoms with van der Waals surface area (Å²) in [6.07, 6.45) is 5.50. The van der Waals surface area contributed by atoms with Crippen LogP contribution in [-0.4, -0.2) is 16.9 Å². The Bertz CT molecular complexity index is 471. The van der Waals surface area contributed by atoms with Crippen LogP contribution >= 0.6 is 0 Å². The molecule has 0 spiro atoms. The highest BCUT2D eigenvalue weighted by Crippen LogP contribution is 2.33. The van der Waals surface area contributed by atoms with E-state index in [1.807, 2.05) is 6.07 Å². The van der Waals surface area contributed by atoms with Crippen LogP contribution in [0.15, 0.2) is 12.1 Å². The smallest absolute Gasteiger partial charge is 0.251 e. The van der Waals surface area contributed by atoms with Gasteiger partial charge in [0.2, 0.25) is 0 Å². The van der Waals surface area contributed by atoms with Gasteiger partial charge >= 0.3 is 0 Å². The number of hydrogen-bond acceptors (Lipinski definition) is 4. The highest BCUT2D eigenvalue weighted by molar-refractivity contribution is 5.95. The van der Waals surface area contributed by atoms with Crippen molar-refractivity contribution < 1.29 is 4.79 Å². The third kappa shape index (κ3) is 4.20. The lowest BCUT2D eigenvalue weighted by Gasteiger charge is -2.14. The number of aryl methyl sites for hydroxylation is 1. The number of aromatic nitrogens is 1. The zero-order valence-corrected chi connectivity index (χ0v) is 12.3. The first-order valence-corrected chi connectivity index (χ1v) is 7.40. The molecule has 1 aromatic heterocycles. The molecule has 1 saturated carbocycles. The average molecular weight is 276 g/mol. The van der Waals surface area contributed by atoms with E-state index < -0.39 is 0 Å². The van der Waals surface area contributed by atoms with Crippen LogP contribution in [0.1, 0.15) is 55.6 Å². The highest BCUT2D eigenvalue weighted by atomic mass is 16.1. The summed E-state index contributed by atoms with van der Waals surface area (Å²) in [7, 11) is 0. The SMILES string of the molecule is CCCc1cc(C(=O)NC(C)CC2CC2)cc(NN)n1. The van der Waals surface area contributed by atoms with Gasteiger partial charge in [-0.3, -0.25) is 4.79 Å². The number of nitrogens with two attached hydrogens (primary N) is 1. The summed E-state index contributed by atoms with van der Waals surface area (Å²) in [5, 5.41) is 3.05. The van der Waals surface area contributed by atoms with Crippen molar-refractivity contribution in [3.63, 3.8) is 0 Å². The van der Waals surface area contributed by atoms with Crippen LogP contribution in [0, 0.1) is 5.92 Å². The largest absolute Gasteiger partial charge is 0.350 e. The van der Waals surface area contributed by atoms with Crippen molar-refractivity contribution in [2.75, 3.05) is 5.43 Å². The number of amides is 1. The number of rotatable bonds is 7. The van der Waals surface area contributed by atoms with Crippen molar-refractivity contribution in [2.24, 2.45) is 11.8 Å². The molecule has 0 radical (unpaired) electrons. The first kappa shape index (κ1) is 14.8. The molecule has 2 rings (SSSR count). The molecular weight excluding hydrogens is 252 g/mol. The van der Waals surface area contributed by atoms with Gasteiger partial charge in [-0.25, -0.2) is 10.8 Å². The standard InChI is InChI=1S/C15H24N4O/c1-3-4-13-8-12(9-14(18-13)19-16)15(20)17-10(2)7-11-5-6-11/h8-11H,3-7,16H2,1-2H3,(H,17,20)(H,18,19). The molecule has 1 unspecified atom stereocenters. The third-order valence-electron chi connectivity index (χ3n) is 3.56. The lowest BCUT2D eigenvalue weighted by molar-refractivity contribution is 0.0937. The van der Waals surface area contributed by atoms with Crippen molar-refractivity contribution in [3.05, 3.63) is 23.4 Å². The Labute approximate surface area is 120 Å². The molecule has 1 aromatic rings. The predicted octanol–water partition coefficient (Wildman–Crippen LogP) is 2.24. The molecule has 5 nitrogen and oxygen atoms in total. The fraction of sp³-hybridized carbons (Fsp3) is 0.600. The molecule has 0 saturated heterocycles. The first-order valence-electron chi connectivity index (χ1n) is 7.40. The topological polar surface area (TPSA) is 80.0 Å². The molecule has 20 heavy (non-hydrogen) atoms. The van der Waals surface area contributed by atoms with E-state index in [0.29, 0.717) is 11.4 Å². The molecule has 1 fully saturated rings. The Morgan fingerprint density at radius 2 is 2.25 bits per heavy atom. The first-order chi connectivity index (χ1) is 9.62. The molecule has 1 amide bonds. The van der Waals surface area contributed by atoms with Crippen LogP contribution in [0.2, 0.25) is 0 Å². The lowest BCUT2D eigenvalue weighted by Crippen LogP contribution is -2.33. The molecule has 1 atom stereocenters. The number of nitrogen functional groups attached to an aromatic ring is 1. The van der Waals surface area contributed by atoms with Crippen LogP contribution in [-0.2, 0) is 6.42 Å². The van der Waals surface area contributed by atoms with Gasteiger partial charge in [-0.2, -0.15) is 0 Å². The van der Waals surface area contributed by atoms with E-state index in [-0.39, 0.29) is 11.9 Å².